The summed E-state index contributed by atoms with van der Waals surface area (Å²) in [6.07, 6.45) is 1.10. The minimum atomic E-state index is -0.551. The van der Waals surface area contributed by atoms with Crippen LogP contribution in [-0.4, -0.2) is 10.7 Å². The maximum Gasteiger partial charge on any atom is 0.269 e. The lowest BCUT2D eigenvalue weighted by Crippen LogP contribution is -2.36. The van der Waals surface area contributed by atoms with Crippen molar-refractivity contribution < 1.29 is 9.72 Å². The molecule has 1 aromatic carbocycles. The van der Waals surface area contributed by atoms with E-state index < -0.39 is 10.8 Å². The summed E-state index contributed by atoms with van der Waals surface area (Å²) >= 11 is 0. The molecule has 2 aliphatic rings. The van der Waals surface area contributed by atoms with Gasteiger partial charge in [0.15, 0.2) is 5.78 Å². The number of nitro groups is 1. The number of benzene rings is 1. The lowest BCUT2D eigenvalue weighted by atomic mass is 9.69. The normalized spacial score (nSPS) is 22.2. The molecule has 1 atom stereocenters. The van der Waals surface area contributed by atoms with Crippen LogP contribution in [0.25, 0.3) is 0 Å². The summed E-state index contributed by atoms with van der Waals surface area (Å²) in [5.41, 5.74) is 2.94. The average Bonchev–Trinajstić information content (AvgIpc) is 2.52. The number of nitriles is 1. The van der Waals surface area contributed by atoms with Crippen LogP contribution in [0.1, 0.15) is 45.1 Å². The van der Waals surface area contributed by atoms with E-state index in [1.807, 2.05) is 13.8 Å². The van der Waals surface area contributed by atoms with Gasteiger partial charge in [-0.15, -0.1) is 0 Å². The highest BCUT2D eigenvalue weighted by molar-refractivity contribution is 6.00. The van der Waals surface area contributed by atoms with Crippen molar-refractivity contribution in [3.05, 3.63) is 62.5 Å². The first-order chi connectivity index (χ1) is 11.7. The molecule has 6 heteroatoms. The van der Waals surface area contributed by atoms with Gasteiger partial charge in [-0.25, -0.2) is 0 Å². The second-order valence-corrected chi connectivity index (χ2v) is 7.39. The first-order valence-corrected chi connectivity index (χ1v) is 8.12. The number of carbonyl (C=O) groups is 1. The van der Waals surface area contributed by atoms with Crippen LogP contribution >= 0.6 is 0 Å². The molecule has 1 aliphatic carbocycles. The smallest absolute Gasteiger partial charge is 0.269 e. The third-order valence-electron chi connectivity index (χ3n) is 4.77. The van der Waals surface area contributed by atoms with Gasteiger partial charge in [-0.1, -0.05) is 26.0 Å². The fourth-order valence-corrected chi connectivity index (χ4v) is 3.74. The minimum Gasteiger partial charge on any atom is -0.361 e. The lowest BCUT2D eigenvalue weighted by molar-refractivity contribution is -0.384. The highest BCUT2D eigenvalue weighted by atomic mass is 16.6. The van der Waals surface area contributed by atoms with Gasteiger partial charge in [0.05, 0.1) is 22.5 Å². The quantitative estimate of drug-likeness (QED) is 0.655. The molecule has 0 bridgehead atoms. The largest absolute Gasteiger partial charge is 0.361 e. The number of nitrogens with one attached hydrogen (secondary N) is 1. The van der Waals surface area contributed by atoms with Crippen molar-refractivity contribution in [3.8, 4) is 6.07 Å². The molecule has 0 amide bonds. The number of rotatable bonds is 2. The van der Waals surface area contributed by atoms with E-state index in [9.17, 15) is 20.2 Å². The van der Waals surface area contributed by atoms with Crippen molar-refractivity contribution in [2.75, 3.05) is 0 Å². The Morgan fingerprint density at radius 3 is 2.72 bits per heavy atom. The summed E-state index contributed by atoms with van der Waals surface area (Å²) in [6.45, 7) is 5.88. The second kappa shape index (κ2) is 5.85. The van der Waals surface area contributed by atoms with Crippen LogP contribution in [0.3, 0.4) is 0 Å². The van der Waals surface area contributed by atoms with E-state index >= 15 is 0 Å². The molecule has 0 unspecified atom stereocenters. The Kier molecular flexibility index (Phi) is 3.96. The summed E-state index contributed by atoms with van der Waals surface area (Å²) in [6, 6.07) is 8.39. The van der Waals surface area contributed by atoms with Gasteiger partial charge in [0, 0.05) is 35.5 Å². The Morgan fingerprint density at radius 1 is 1.36 bits per heavy atom. The Morgan fingerprint density at radius 2 is 2.08 bits per heavy atom. The van der Waals surface area contributed by atoms with Crippen molar-refractivity contribution in [3.63, 3.8) is 0 Å². The topological polar surface area (TPSA) is 96.0 Å². The van der Waals surface area contributed by atoms with Crippen molar-refractivity contribution in [1.29, 1.82) is 5.26 Å². The average molecular weight is 337 g/mol. The number of allylic oxidation sites excluding steroid dienone is 4. The fourth-order valence-electron chi connectivity index (χ4n) is 3.74. The summed E-state index contributed by atoms with van der Waals surface area (Å²) in [5.74, 6) is -0.555. The Balaban J connectivity index is 2.20. The molecule has 0 aromatic heterocycles. The van der Waals surface area contributed by atoms with Crippen LogP contribution in [0.5, 0.6) is 0 Å². The molecule has 25 heavy (non-hydrogen) atoms. The van der Waals surface area contributed by atoms with Gasteiger partial charge in [-0.05, 0) is 24.3 Å². The Hall–Kier alpha value is -2.94. The number of dihydropyridines is 1. The molecule has 1 heterocycles. The zero-order valence-corrected chi connectivity index (χ0v) is 14.4. The van der Waals surface area contributed by atoms with E-state index in [4.69, 9.17) is 0 Å². The van der Waals surface area contributed by atoms with Gasteiger partial charge in [0.1, 0.15) is 0 Å². The second-order valence-electron chi connectivity index (χ2n) is 7.39. The third kappa shape index (κ3) is 2.93. The lowest BCUT2D eigenvalue weighted by Gasteiger charge is -2.38. The standard InChI is InChI=1S/C19H19N3O3/c1-11-14(10-20)17(12-5-4-6-13(7-12)22(24)25)18-15(21-11)8-19(2,3)9-16(18)23/h4-7,17,21H,8-9H2,1-3H3/t17-/m0/s1. The monoisotopic (exact) mass is 337 g/mol. The van der Waals surface area contributed by atoms with E-state index in [0.29, 0.717) is 35.2 Å². The number of Topliss-reactive ketones (excluding diaryl/α,β-unsaturated/α-hetero) is 1. The van der Waals surface area contributed by atoms with Crippen LogP contribution in [0, 0.1) is 26.9 Å². The van der Waals surface area contributed by atoms with Crippen molar-refractivity contribution >= 4 is 11.5 Å². The van der Waals surface area contributed by atoms with Gasteiger partial charge in [0.2, 0.25) is 0 Å². The molecule has 0 saturated carbocycles. The zero-order valence-electron chi connectivity index (χ0n) is 14.4. The molecule has 1 N–H and O–H groups in total. The summed E-state index contributed by atoms with van der Waals surface area (Å²) in [4.78, 5) is 23.5. The van der Waals surface area contributed by atoms with Gasteiger partial charge >= 0.3 is 0 Å². The molecule has 3 rings (SSSR count). The van der Waals surface area contributed by atoms with E-state index in [1.54, 1.807) is 19.1 Å². The fraction of sp³-hybridized carbons (Fsp3) is 0.368. The molecule has 128 valence electrons. The number of ketones is 1. The number of nitro benzene ring substituents is 1. The predicted molar refractivity (Wildman–Crippen MR) is 92.3 cm³/mol. The van der Waals surface area contributed by atoms with Crippen molar-refractivity contribution in [2.24, 2.45) is 5.41 Å². The number of hydrogen-bond donors (Lipinski definition) is 1. The molecular formula is C19H19N3O3. The minimum absolute atomic E-state index is 0.00416. The van der Waals surface area contributed by atoms with Crippen molar-refractivity contribution in [2.45, 2.75) is 39.5 Å². The summed E-state index contributed by atoms with van der Waals surface area (Å²) < 4.78 is 0. The van der Waals surface area contributed by atoms with E-state index in [2.05, 4.69) is 11.4 Å². The Bertz CT molecular complexity index is 887. The molecule has 0 fully saturated rings. The SMILES string of the molecule is CC1=C(C#N)[C@H](c2cccc([N+](=O)[O-])c2)C2=C(CC(C)(C)CC2=O)N1. The number of carbonyl (C=O) groups excluding carboxylic acids is 1. The molecule has 0 radical (unpaired) electrons. The first kappa shape index (κ1) is 16.9. The molecule has 6 nitrogen and oxygen atoms in total. The van der Waals surface area contributed by atoms with E-state index in [1.165, 1.54) is 12.1 Å². The number of nitrogens with zero attached hydrogens (tertiary/aromatic N) is 2. The van der Waals surface area contributed by atoms with Gasteiger partial charge in [-0.2, -0.15) is 5.26 Å². The summed E-state index contributed by atoms with van der Waals surface area (Å²) in [5, 5.41) is 24.0. The maximum atomic E-state index is 12.9. The van der Waals surface area contributed by atoms with Crippen LogP contribution < -0.4 is 5.32 Å². The summed E-state index contributed by atoms with van der Waals surface area (Å²) in [7, 11) is 0. The first-order valence-electron chi connectivity index (χ1n) is 8.12. The highest BCUT2D eigenvalue weighted by Gasteiger charge is 2.41. The number of non-ortho nitro benzene ring substituents is 1. The van der Waals surface area contributed by atoms with E-state index in [-0.39, 0.29) is 16.9 Å². The van der Waals surface area contributed by atoms with Gasteiger partial charge < -0.3 is 5.32 Å². The zero-order chi connectivity index (χ0) is 18.4. The molecule has 1 aliphatic heterocycles. The predicted octanol–water partition coefficient (Wildman–Crippen LogP) is 3.72. The van der Waals surface area contributed by atoms with Gasteiger partial charge in [-0.3, -0.25) is 14.9 Å². The Labute approximate surface area is 146 Å². The third-order valence-corrected chi connectivity index (χ3v) is 4.77. The maximum absolute atomic E-state index is 12.9. The molecule has 0 saturated heterocycles. The highest BCUT2D eigenvalue weighted by Crippen LogP contribution is 2.46. The van der Waals surface area contributed by atoms with E-state index in [0.717, 1.165) is 5.70 Å². The molecule has 0 spiro atoms. The van der Waals surface area contributed by atoms with Crippen LogP contribution in [-0.2, 0) is 4.79 Å². The van der Waals surface area contributed by atoms with Crippen LogP contribution in [0.4, 0.5) is 5.69 Å². The number of hydrogen-bond acceptors (Lipinski definition) is 5. The van der Waals surface area contributed by atoms with Crippen LogP contribution in [0.15, 0.2) is 46.8 Å². The van der Waals surface area contributed by atoms with Gasteiger partial charge in [0.25, 0.3) is 5.69 Å². The molecular weight excluding hydrogens is 318 g/mol. The van der Waals surface area contributed by atoms with Crippen LogP contribution in [0.2, 0.25) is 0 Å². The van der Waals surface area contributed by atoms with Crippen molar-refractivity contribution in [1.82, 2.24) is 5.32 Å². The molecule has 1 aromatic rings.